The van der Waals surface area contributed by atoms with Gasteiger partial charge in [0.2, 0.25) is 0 Å². The molecule has 2 amide bonds. The maximum Gasteiger partial charge on any atom is 0.318 e. The number of hydrogen-bond acceptors (Lipinski definition) is 3. The lowest BCUT2D eigenvalue weighted by molar-refractivity contribution is -0.00376. The van der Waals surface area contributed by atoms with Gasteiger partial charge in [-0.15, -0.1) is 0 Å². The second kappa shape index (κ2) is 6.83. The number of imidazole rings is 1. The monoisotopic (exact) mass is 314 g/mol. The molecule has 6 heteroatoms. The Bertz CT molecular complexity index is 656. The number of aromatic nitrogens is 2. The summed E-state index contributed by atoms with van der Waals surface area (Å²) in [7, 11) is 1.93. The van der Waals surface area contributed by atoms with Gasteiger partial charge in [0, 0.05) is 32.5 Å². The molecule has 1 aliphatic rings. The van der Waals surface area contributed by atoms with Crippen LogP contribution in [-0.2, 0) is 11.8 Å². The van der Waals surface area contributed by atoms with Gasteiger partial charge in [-0.05, 0) is 12.5 Å². The van der Waals surface area contributed by atoms with Crippen molar-refractivity contribution in [2.24, 2.45) is 7.05 Å². The molecule has 0 bridgehead atoms. The van der Waals surface area contributed by atoms with Crippen LogP contribution in [-0.4, -0.2) is 46.3 Å². The van der Waals surface area contributed by atoms with Crippen molar-refractivity contribution in [2.45, 2.75) is 19.1 Å². The first-order valence-corrected chi connectivity index (χ1v) is 7.84. The van der Waals surface area contributed by atoms with E-state index in [0.29, 0.717) is 19.7 Å². The van der Waals surface area contributed by atoms with E-state index in [4.69, 9.17) is 4.74 Å². The molecule has 122 valence electrons. The average Bonchev–Trinajstić information content (AvgIpc) is 2.99. The van der Waals surface area contributed by atoms with E-state index >= 15 is 0 Å². The number of aryl methyl sites for hydroxylation is 1. The van der Waals surface area contributed by atoms with Crippen LogP contribution in [0.5, 0.6) is 0 Å². The smallest absolute Gasteiger partial charge is 0.318 e. The summed E-state index contributed by atoms with van der Waals surface area (Å²) in [4.78, 5) is 18.9. The third-order valence-corrected chi connectivity index (χ3v) is 4.05. The van der Waals surface area contributed by atoms with Crippen LogP contribution in [0, 0.1) is 0 Å². The summed E-state index contributed by atoms with van der Waals surface area (Å²) in [5, 5.41) is 3.11. The number of carbonyl (C=O) groups is 1. The van der Waals surface area contributed by atoms with Crippen LogP contribution in [0.3, 0.4) is 0 Å². The van der Waals surface area contributed by atoms with Crippen LogP contribution < -0.4 is 5.32 Å². The lowest BCUT2D eigenvalue weighted by Crippen LogP contribution is -2.50. The number of rotatable bonds is 3. The molecule has 0 aliphatic carbocycles. The molecule has 3 rings (SSSR count). The second-order valence-corrected chi connectivity index (χ2v) is 5.82. The summed E-state index contributed by atoms with van der Waals surface area (Å²) in [5.74, 6) is 0.811. The Labute approximate surface area is 136 Å². The summed E-state index contributed by atoms with van der Waals surface area (Å²) in [6, 6.07) is 9.54. The van der Waals surface area contributed by atoms with E-state index < -0.39 is 0 Å². The van der Waals surface area contributed by atoms with Gasteiger partial charge < -0.3 is 19.5 Å². The fourth-order valence-electron chi connectivity index (χ4n) is 2.82. The van der Waals surface area contributed by atoms with Gasteiger partial charge in [-0.2, -0.15) is 0 Å². The van der Waals surface area contributed by atoms with E-state index in [1.807, 2.05) is 55.1 Å². The van der Waals surface area contributed by atoms with E-state index in [-0.39, 0.29) is 18.2 Å². The molecule has 2 atom stereocenters. The molecule has 6 nitrogen and oxygen atoms in total. The topological polar surface area (TPSA) is 59.4 Å². The summed E-state index contributed by atoms with van der Waals surface area (Å²) in [6.07, 6.45) is 3.69. The number of ether oxygens (including phenoxy) is 1. The number of morpholine rings is 1. The molecular formula is C17H22N4O2. The van der Waals surface area contributed by atoms with E-state index in [0.717, 1.165) is 11.4 Å². The average molecular weight is 314 g/mol. The Kier molecular flexibility index (Phi) is 4.62. The molecule has 0 saturated carbocycles. The summed E-state index contributed by atoms with van der Waals surface area (Å²) >= 11 is 0. The van der Waals surface area contributed by atoms with Crippen molar-refractivity contribution in [3.63, 3.8) is 0 Å². The number of carbonyl (C=O) groups excluding carboxylic acids is 1. The lowest BCUT2D eigenvalue weighted by atomic mass is 10.1. The number of urea groups is 1. The molecule has 1 aromatic carbocycles. The van der Waals surface area contributed by atoms with Crippen molar-refractivity contribution in [1.29, 1.82) is 0 Å². The minimum Gasteiger partial charge on any atom is -0.375 e. The van der Waals surface area contributed by atoms with Gasteiger partial charge >= 0.3 is 6.03 Å². The van der Waals surface area contributed by atoms with Crippen LogP contribution in [0.15, 0.2) is 42.7 Å². The van der Waals surface area contributed by atoms with Gasteiger partial charge in [-0.1, -0.05) is 30.3 Å². The Balaban J connectivity index is 1.82. The van der Waals surface area contributed by atoms with Gasteiger partial charge in [0.15, 0.2) is 0 Å². The highest BCUT2D eigenvalue weighted by atomic mass is 16.5. The first kappa shape index (κ1) is 15.6. The molecule has 0 unspecified atom stereocenters. The lowest BCUT2D eigenvalue weighted by Gasteiger charge is -2.32. The van der Waals surface area contributed by atoms with Crippen molar-refractivity contribution >= 4 is 6.03 Å². The largest absolute Gasteiger partial charge is 0.375 e. The van der Waals surface area contributed by atoms with E-state index in [1.54, 1.807) is 11.1 Å². The van der Waals surface area contributed by atoms with Crippen LogP contribution in [0.25, 0.3) is 0 Å². The highest BCUT2D eigenvalue weighted by Crippen LogP contribution is 2.20. The zero-order valence-corrected chi connectivity index (χ0v) is 13.5. The third-order valence-electron chi connectivity index (χ3n) is 4.05. The van der Waals surface area contributed by atoms with Gasteiger partial charge in [0.05, 0.1) is 12.7 Å². The van der Waals surface area contributed by atoms with Gasteiger partial charge in [0.1, 0.15) is 11.9 Å². The third kappa shape index (κ3) is 3.53. The maximum absolute atomic E-state index is 12.7. The fraction of sp³-hybridized carbons (Fsp3) is 0.412. The first-order valence-electron chi connectivity index (χ1n) is 7.84. The second-order valence-electron chi connectivity index (χ2n) is 5.82. The van der Waals surface area contributed by atoms with E-state index in [9.17, 15) is 4.79 Å². The Morgan fingerprint density at radius 1 is 1.39 bits per heavy atom. The Morgan fingerprint density at radius 3 is 2.83 bits per heavy atom. The zero-order chi connectivity index (χ0) is 16.2. The fourth-order valence-corrected chi connectivity index (χ4v) is 2.82. The van der Waals surface area contributed by atoms with Crippen molar-refractivity contribution in [2.75, 3.05) is 19.7 Å². The predicted octanol–water partition coefficient (Wildman–Crippen LogP) is 1.94. The molecule has 1 saturated heterocycles. The Hall–Kier alpha value is -2.34. The summed E-state index contributed by atoms with van der Waals surface area (Å²) in [5.41, 5.74) is 1.01. The van der Waals surface area contributed by atoms with E-state index in [2.05, 4.69) is 10.3 Å². The number of hydrogen-bond donors (Lipinski definition) is 1. The molecule has 2 heterocycles. The number of benzene rings is 1. The Morgan fingerprint density at radius 2 is 2.17 bits per heavy atom. The highest BCUT2D eigenvalue weighted by molar-refractivity contribution is 5.75. The van der Waals surface area contributed by atoms with Crippen molar-refractivity contribution in [3.05, 3.63) is 54.1 Å². The van der Waals surface area contributed by atoms with Crippen LogP contribution in [0.2, 0.25) is 0 Å². The summed E-state index contributed by atoms with van der Waals surface area (Å²) < 4.78 is 7.43. The SMILES string of the molecule is C[C@H]1CN(C(=O)N[C@@H](c2ccccc2)c2nccn2C)CCO1. The first-order chi connectivity index (χ1) is 11.1. The molecule has 1 aliphatic heterocycles. The highest BCUT2D eigenvalue weighted by Gasteiger charge is 2.26. The molecule has 0 radical (unpaired) electrons. The predicted molar refractivity (Wildman–Crippen MR) is 87.0 cm³/mol. The molecular weight excluding hydrogens is 292 g/mol. The summed E-state index contributed by atoms with van der Waals surface area (Å²) in [6.45, 7) is 3.77. The van der Waals surface area contributed by atoms with Crippen LogP contribution in [0.4, 0.5) is 4.79 Å². The van der Waals surface area contributed by atoms with Gasteiger partial charge in [-0.3, -0.25) is 0 Å². The van der Waals surface area contributed by atoms with Gasteiger partial charge in [-0.25, -0.2) is 9.78 Å². The minimum atomic E-state index is -0.276. The van der Waals surface area contributed by atoms with Crippen LogP contribution in [0.1, 0.15) is 24.4 Å². The van der Waals surface area contributed by atoms with Gasteiger partial charge in [0.25, 0.3) is 0 Å². The number of nitrogens with one attached hydrogen (secondary N) is 1. The normalized spacial score (nSPS) is 19.4. The number of nitrogens with zero attached hydrogens (tertiary/aromatic N) is 3. The van der Waals surface area contributed by atoms with Crippen molar-refractivity contribution in [1.82, 2.24) is 19.8 Å². The molecule has 2 aromatic rings. The quantitative estimate of drug-likeness (QED) is 0.942. The van der Waals surface area contributed by atoms with Crippen molar-refractivity contribution in [3.8, 4) is 0 Å². The molecule has 1 N–H and O–H groups in total. The van der Waals surface area contributed by atoms with Crippen molar-refractivity contribution < 1.29 is 9.53 Å². The molecule has 0 spiro atoms. The number of amides is 2. The maximum atomic E-state index is 12.7. The molecule has 1 aromatic heterocycles. The van der Waals surface area contributed by atoms with E-state index in [1.165, 1.54) is 0 Å². The standard InChI is InChI=1S/C17H22N4O2/c1-13-12-21(10-11-23-13)17(22)19-15(14-6-4-3-5-7-14)16-18-8-9-20(16)2/h3-9,13,15H,10-12H2,1-2H3,(H,19,22)/t13-,15-/m0/s1. The molecule has 1 fully saturated rings. The minimum absolute atomic E-state index is 0.0674. The molecule has 23 heavy (non-hydrogen) atoms. The zero-order valence-electron chi connectivity index (χ0n) is 13.5. The van der Waals surface area contributed by atoms with Crippen LogP contribution >= 0.6 is 0 Å².